The highest BCUT2D eigenvalue weighted by molar-refractivity contribution is 7.98. The molecule has 5 nitrogen and oxygen atoms in total. The minimum absolute atomic E-state index is 0.193. The number of hydrogen-bond donors (Lipinski definition) is 1. The number of aromatic nitrogens is 1. The summed E-state index contributed by atoms with van der Waals surface area (Å²) in [6.45, 7) is 5.03. The molecule has 0 unspecified atom stereocenters. The van der Waals surface area contributed by atoms with Gasteiger partial charge in [0, 0.05) is 23.9 Å². The smallest absolute Gasteiger partial charge is 0.278 e. The number of pyridine rings is 1. The van der Waals surface area contributed by atoms with Crippen LogP contribution in [0.15, 0.2) is 6.20 Å². The van der Waals surface area contributed by atoms with Gasteiger partial charge in [-0.2, -0.15) is 11.8 Å². The summed E-state index contributed by atoms with van der Waals surface area (Å²) >= 11 is 1.89. The molecule has 21 heavy (non-hydrogen) atoms. The molecule has 0 aromatic carbocycles. The molecule has 0 aliphatic carbocycles. The zero-order chi connectivity index (χ0) is 15.7. The molecule has 0 amide bonds. The van der Waals surface area contributed by atoms with E-state index in [1.54, 1.807) is 20.0 Å². The predicted molar refractivity (Wildman–Crippen MR) is 88.9 cm³/mol. The van der Waals surface area contributed by atoms with Crippen molar-refractivity contribution in [3.8, 4) is 0 Å². The third-order valence-corrected chi connectivity index (χ3v) is 4.20. The number of rotatable bonds is 10. The first kappa shape index (κ1) is 17.9. The second kappa shape index (κ2) is 9.73. The SMILES string of the molecule is CSCCCCCCNCc1ncc(C)c([N+](=O)[O-])c1C. The summed E-state index contributed by atoms with van der Waals surface area (Å²) in [5.41, 5.74) is 2.26. The fourth-order valence-corrected chi connectivity index (χ4v) is 2.77. The number of hydrogen-bond acceptors (Lipinski definition) is 5. The van der Waals surface area contributed by atoms with Gasteiger partial charge < -0.3 is 5.32 Å². The van der Waals surface area contributed by atoms with Crippen LogP contribution in [0.5, 0.6) is 0 Å². The maximum Gasteiger partial charge on any atom is 0.278 e. The molecule has 0 aliphatic rings. The van der Waals surface area contributed by atoms with Crippen LogP contribution in [0, 0.1) is 24.0 Å². The monoisotopic (exact) mass is 311 g/mol. The maximum atomic E-state index is 11.1. The highest BCUT2D eigenvalue weighted by Crippen LogP contribution is 2.23. The van der Waals surface area contributed by atoms with Crippen LogP contribution in [0.4, 0.5) is 5.69 Å². The fraction of sp³-hybridized carbons (Fsp3) is 0.667. The third kappa shape index (κ3) is 6.01. The van der Waals surface area contributed by atoms with Gasteiger partial charge in [0.25, 0.3) is 5.69 Å². The van der Waals surface area contributed by atoms with E-state index < -0.39 is 0 Å². The molecule has 0 spiro atoms. The molecular weight excluding hydrogens is 286 g/mol. The lowest BCUT2D eigenvalue weighted by Gasteiger charge is -2.08. The summed E-state index contributed by atoms with van der Waals surface area (Å²) in [6, 6.07) is 0. The Hall–Kier alpha value is -1.14. The average molecular weight is 311 g/mol. The first-order valence-electron chi connectivity index (χ1n) is 7.37. The molecule has 0 aliphatic heterocycles. The summed E-state index contributed by atoms with van der Waals surface area (Å²) in [5.74, 6) is 1.24. The Labute approximate surface area is 131 Å². The van der Waals surface area contributed by atoms with E-state index in [0.717, 1.165) is 18.7 Å². The lowest BCUT2D eigenvalue weighted by atomic mass is 10.1. The molecule has 1 aromatic rings. The van der Waals surface area contributed by atoms with Gasteiger partial charge in [-0.3, -0.25) is 15.1 Å². The fourth-order valence-electron chi connectivity index (χ4n) is 2.28. The van der Waals surface area contributed by atoms with Crippen LogP contribution in [-0.2, 0) is 6.54 Å². The normalized spacial score (nSPS) is 10.8. The van der Waals surface area contributed by atoms with Crippen LogP contribution < -0.4 is 5.32 Å². The molecule has 1 heterocycles. The Kier molecular flexibility index (Phi) is 8.30. The van der Waals surface area contributed by atoms with Crippen molar-refractivity contribution in [1.82, 2.24) is 10.3 Å². The first-order chi connectivity index (χ1) is 10.1. The summed E-state index contributed by atoms with van der Waals surface area (Å²) in [4.78, 5) is 15.0. The highest BCUT2D eigenvalue weighted by Gasteiger charge is 2.18. The second-order valence-corrected chi connectivity index (χ2v) is 6.19. The summed E-state index contributed by atoms with van der Waals surface area (Å²) in [7, 11) is 0. The topological polar surface area (TPSA) is 68.1 Å². The minimum atomic E-state index is -0.318. The molecule has 1 aromatic heterocycles. The van der Waals surface area contributed by atoms with Crippen LogP contribution in [0.2, 0.25) is 0 Å². The van der Waals surface area contributed by atoms with Gasteiger partial charge in [0.1, 0.15) is 0 Å². The molecule has 0 radical (unpaired) electrons. The van der Waals surface area contributed by atoms with E-state index >= 15 is 0 Å². The Bertz CT molecular complexity index is 466. The molecule has 1 N–H and O–H groups in total. The first-order valence-corrected chi connectivity index (χ1v) is 8.76. The summed E-state index contributed by atoms with van der Waals surface area (Å²) < 4.78 is 0. The lowest BCUT2D eigenvalue weighted by molar-refractivity contribution is -0.386. The molecule has 0 saturated heterocycles. The van der Waals surface area contributed by atoms with Crippen molar-refractivity contribution in [2.75, 3.05) is 18.6 Å². The summed E-state index contributed by atoms with van der Waals surface area (Å²) in [6.07, 6.45) is 8.65. The van der Waals surface area contributed by atoms with Gasteiger partial charge in [-0.15, -0.1) is 0 Å². The third-order valence-electron chi connectivity index (χ3n) is 3.50. The number of aryl methyl sites for hydroxylation is 1. The molecular formula is C15H25N3O2S. The van der Waals surface area contributed by atoms with Crippen molar-refractivity contribution in [3.63, 3.8) is 0 Å². The number of nitro groups is 1. The van der Waals surface area contributed by atoms with Crippen molar-refractivity contribution in [3.05, 3.63) is 33.1 Å². The van der Waals surface area contributed by atoms with E-state index in [0.29, 0.717) is 17.7 Å². The van der Waals surface area contributed by atoms with Crippen molar-refractivity contribution in [2.24, 2.45) is 0 Å². The highest BCUT2D eigenvalue weighted by atomic mass is 32.2. The van der Waals surface area contributed by atoms with Gasteiger partial charge in [0.15, 0.2) is 0 Å². The van der Waals surface area contributed by atoms with Crippen LogP contribution in [-0.4, -0.2) is 28.5 Å². The van der Waals surface area contributed by atoms with E-state index in [9.17, 15) is 10.1 Å². The van der Waals surface area contributed by atoms with E-state index in [2.05, 4.69) is 16.6 Å². The van der Waals surface area contributed by atoms with Crippen LogP contribution in [0.1, 0.15) is 42.5 Å². The Morgan fingerprint density at radius 1 is 1.29 bits per heavy atom. The van der Waals surface area contributed by atoms with Crippen molar-refractivity contribution < 1.29 is 4.92 Å². The van der Waals surface area contributed by atoms with E-state index in [-0.39, 0.29) is 10.6 Å². The van der Waals surface area contributed by atoms with E-state index in [4.69, 9.17) is 0 Å². The van der Waals surface area contributed by atoms with Gasteiger partial charge >= 0.3 is 0 Å². The lowest BCUT2D eigenvalue weighted by Crippen LogP contribution is -2.17. The van der Waals surface area contributed by atoms with Crippen molar-refractivity contribution in [1.29, 1.82) is 0 Å². The Morgan fingerprint density at radius 3 is 2.67 bits per heavy atom. The largest absolute Gasteiger partial charge is 0.311 e. The average Bonchev–Trinajstić information content (AvgIpc) is 2.43. The second-order valence-electron chi connectivity index (χ2n) is 5.20. The van der Waals surface area contributed by atoms with Gasteiger partial charge in [-0.25, -0.2) is 0 Å². The number of nitrogens with one attached hydrogen (secondary N) is 1. The zero-order valence-corrected chi connectivity index (χ0v) is 14.0. The number of unbranched alkanes of at least 4 members (excludes halogenated alkanes) is 3. The molecule has 6 heteroatoms. The zero-order valence-electron chi connectivity index (χ0n) is 13.1. The van der Waals surface area contributed by atoms with Gasteiger partial charge in [-0.05, 0) is 45.2 Å². The van der Waals surface area contributed by atoms with Crippen LogP contribution >= 0.6 is 11.8 Å². The summed E-state index contributed by atoms with van der Waals surface area (Å²) in [5, 5.41) is 14.4. The predicted octanol–water partition coefficient (Wildman–Crippen LogP) is 3.62. The molecule has 0 fully saturated rings. The van der Waals surface area contributed by atoms with Crippen LogP contribution in [0.3, 0.4) is 0 Å². The molecule has 0 atom stereocenters. The Morgan fingerprint density at radius 2 is 2.00 bits per heavy atom. The number of thioether (sulfide) groups is 1. The van der Waals surface area contributed by atoms with Crippen molar-refractivity contribution in [2.45, 2.75) is 46.1 Å². The Balaban J connectivity index is 2.36. The standard InChI is InChI=1S/C15H25N3O2S/c1-12-10-17-14(13(2)15(12)18(19)20)11-16-8-6-4-5-7-9-21-3/h10,16H,4-9,11H2,1-3H3. The maximum absolute atomic E-state index is 11.1. The molecule has 118 valence electrons. The molecule has 0 bridgehead atoms. The van der Waals surface area contributed by atoms with Crippen LogP contribution in [0.25, 0.3) is 0 Å². The number of nitrogens with zero attached hydrogens (tertiary/aromatic N) is 2. The molecule has 1 rings (SSSR count). The van der Waals surface area contributed by atoms with Gasteiger partial charge in [-0.1, -0.05) is 12.8 Å². The minimum Gasteiger partial charge on any atom is -0.311 e. The van der Waals surface area contributed by atoms with Gasteiger partial charge in [0.05, 0.1) is 10.6 Å². The van der Waals surface area contributed by atoms with Gasteiger partial charge in [0.2, 0.25) is 0 Å². The van der Waals surface area contributed by atoms with E-state index in [1.165, 1.54) is 25.0 Å². The quantitative estimate of drug-likeness (QED) is 0.406. The molecule has 0 saturated carbocycles. The van der Waals surface area contributed by atoms with Crippen molar-refractivity contribution >= 4 is 17.4 Å². The van der Waals surface area contributed by atoms with E-state index in [1.807, 2.05) is 11.8 Å².